The summed E-state index contributed by atoms with van der Waals surface area (Å²) in [5.74, 6) is 1.77. The lowest BCUT2D eigenvalue weighted by Crippen LogP contribution is -2.22. The Morgan fingerprint density at radius 2 is 2.10 bits per heavy atom. The van der Waals surface area contributed by atoms with E-state index in [1.807, 2.05) is 31.2 Å². The predicted octanol–water partition coefficient (Wildman–Crippen LogP) is 4.32. The molecule has 0 atom stereocenters. The van der Waals surface area contributed by atoms with Crippen molar-refractivity contribution in [2.24, 2.45) is 0 Å². The van der Waals surface area contributed by atoms with Crippen molar-refractivity contribution < 1.29 is 9.15 Å². The number of benzene rings is 1. The fraction of sp³-hybridized carbons (Fsp3) is 0.375. The summed E-state index contributed by atoms with van der Waals surface area (Å²) in [7, 11) is 0. The number of aryl methyl sites for hydroxylation is 1. The minimum absolute atomic E-state index is 0.423. The van der Waals surface area contributed by atoms with Crippen LogP contribution >= 0.6 is 11.6 Å². The summed E-state index contributed by atoms with van der Waals surface area (Å²) in [4.78, 5) is 0. The van der Waals surface area contributed by atoms with Gasteiger partial charge in [0.1, 0.15) is 18.1 Å². The largest absolute Gasteiger partial charge is 0.489 e. The molecule has 0 saturated heterocycles. The van der Waals surface area contributed by atoms with E-state index in [1.165, 1.54) is 0 Å². The number of halogens is 1. The zero-order valence-corrected chi connectivity index (χ0v) is 12.8. The van der Waals surface area contributed by atoms with Gasteiger partial charge in [-0.3, -0.25) is 0 Å². The Bertz CT molecular complexity index is 563. The third kappa shape index (κ3) is 4.02. The van der Waals surface area contributed by atoms with Crippen LogP contribution in [0.4, 0.5) is 0 Å². The van der Waals surface area contributed by atoms with E-state index in [-0.39, 0.29) is 0 Å². The van der Waals surface area contributed by atoms with Crippen LogP contribution in [0.15, 0.2) is 34.9 Å². The van der Waals surface area contributed by atoms with Crippen molar-refractivity contribution >= 4 is 11.6 Å². The second-order valence-electron chi connectivity index (χ2n) is 5.10. The minimum atomic E-state index is 0.423. The molecule has 1 heterocycles. The molecule has 1 aromatic heterocycles. The number of ether oxygens (including phenoxy) is 1. The average molecular weight is 294 g/mol. The molecule has 0 aliphatic carbocycles. The Labute approximate surface area is 124 Å². The average Bonchev–Trinajstić information content (AvgIpc) is 2.83. The van der Waals surface area contributed by atoms with Gasteiger partial charge in [-0.15, -0.1) is 0 Å². The van der Waals surface area contributed by atoms with Crippen LogP contribution in [0, 0.1) is 6.92 Å². The number of furan rings is 1. The third-order valence-electron chi connectivity index (χ3n) is 3.03. The van der Waals surface area contributed by atoms with Crippen LogP contribution in [-0.2, 0) is 13.2 Å². The molecular formula is C16H20ClNO2. The molecule has 0 amide bonds. The first kappa shape index (κ1) is 14.9. The molecule has 108 valence electrons. The smallest absolute Gasteiger partial charge is 0.124 e. The van der Waals surface area contributed by atoms with Gasteiger partial charge in [0.25, 0.3) is 0 Å². The van der Waals surface area contributed by atoms with Gasteiger partial charge < -0.3 is 14.5 Å². The molecule has 2 rings (SSSR count). The van der Waals surface area contributed by atoms with Crippen LogP contribution in [0.2, 0.25) is 5.02 Å². The summed E-state index contributed by atoms with van der Waals surface area (Å²) in [5.41, 5.74) is 2.09. The summed E-state index contributed by atoms with van der Waals surface area (Å²) < 4.78 is 11.3. The Morgan fingerprint density at radius 1 is 1.30 bits per heavy atom. The van der Waals surface area contributed by atoms with E-state index in [4.69, 9.17) is 20.8 Å². The summed E-state index contributed by atoms with van der Waals surface area (Å²) in [6, 6.07) is 7.99. The molecule has 2 aromatic rings. The van der Waals surface area contributed by atoms with Crippen LogP contribution < -0.4 is 10.1 Å². The maximum Gasteiger partial charge on any atom is 0.124 e. The quantitative estimate of drug-likeness (QED) is 0.861. The number of rotatable bonds is 6. The number of nitrogens with one attached hydrogen (secondary N) is 1. The molecule has 1 N–H and O–H groups in total. The van der Waals surface area contributed by atoms with E-state index < -0.39 is 0 Å². The molecule has 1 aromatic carbocycles. The molecule has 0 saturated carbocycles. The molecule has 0 spiro atoms. The fourth-order valence-corrected chi connectivity index (χ4v) is 2.10. The van der Waals surface area contributed by atoms with Crippen LogP contribution in [0.5, 0.6) is 5.75 Å². The van der Waals surface area contributed by atoms with Gasteiger partial charge >= 0.3 is 0 Å². The normalized spacial score (nSPS) is 11.1. The summed E-state index contributed by atoms with van der Waals surface area (Å²) in [6.45, 7) is 7.40. The number of hydrogen-bond donors (Lipinski definition) is 1. The lowest BCUT2D eigenvalue weighted by atomic mass is 10.2. The Hall–Kier alpha value is -1.45. The van der Waals surface area contributed by atoms with E-state index >= 15 is 0 Å². The van der Waals surface area contributed by atoms with Crippen LogP contribution in [0.25, 0.3) is 0 Å². The highest BCUT2D eigenvalue weighted by Gasteiger charge is 2.08. The van der Waals surface area contributed by atoms with Crippen LogP contribution in [0.1, 0.15) is 30.7 Å². The minimum Gasteiger partial charge on any atom is -0.489 e. The van der Waals surface area contributed by atoms with Gasteiger partial charge in [-0.2, -0.15) is 0 Å². The van der Waals surface area contributed by atoms with Crippen molar-refractivity contribution in [2.45, 2.75) is 40.0 Å². The molecule has 0 aliphatic heterocycles. The number of hydrogen-bond acceptors (Lipinski definition) is 3. The molecule has 0 fully saturated rings. The van der Waals surface area contributed by atoms with Gasteiger partial charge in [-0.05, 0) is 36.8 Å². The van der Waals surface area contributed by atoms with Gasteiger partial charge in [-0.25, -0.2) is 0 Å². The van der Waals surface area contributed by atoms with Crippen LogP contribution in [0.3, 0.4) is 0 Å². The van der Waals surface area contributed by atoms with Crippen molar-refractivity contribution in [3.63, 3.8) is 0 Å². The van der Waals surface area contributed by atoms with Crippen molar-refractivity contribution in [2.75, 3.05) is 0 Å². The van der Waals surface area contributed by atoms with Crippen molar-refractivity contribution in [3.05, 3.63) is 52.4 Å². The van der Waals surface area contributed by atoms with Gasteiger partial charge in [0.05, 0.1) is 12.8 Å². The molecule has 0 aliphatic rings. The maximum atomic E-state index is 5.93. The highest BCUT2D eigenvalue weighted by atomic mass is 35.5. The molecule has 3 nitrogen and oxygen atoms in total. The lowest BCUT2D eigenvalue weighted by molar-refractivity contribution is 0.299. The van der Waals surface area contributed by atoms with Gasteiger partial charge in [-0.1, -0.05) is 25.4 Å². The molecular weight excluding hydrogens is 274 g/mol. The van der Waals surface area contributed by atoms with Crippen LogP contribution in [-0.4, -0.2) is 6.04 Å². The van der Waals surface area contributed by atoms with Crippen molar-refractivity contribution in [3.8, 4) is 5.75 Å². The highest BCUT2D eigenvalue weighted by molar-refractivity contribution is 6.30. The summed E-state index contributed by atoms with van der Waals surface area (Å²) >= 11 is 5.93. The van der Waals surface area contributed by atoms with Crippen molar-refractivity contribution in [1.29, 1.82) is 0 Å². The van der Waals surface area contributed by atoms with Gasteiger partial charge in [0.15, 0.2) is 0 Å². The predicted molar refractivity (Wildman–Crippen MR) is 81.2 cm³/mol. The van der Waals surface area contributed by atoms with E-state index in [0.29, 0.717) is 19.2 Å². The lowest BCUT2D eigenvalue weighted by Gasteiger charge is -2.10. The highest BCUT2D eigenvalue weighted by Crippen LogP contribution is 2.23. The Morgan fingerprint density at radius 3 is 2.80 bits per heavy atom. The van der Waals surface area contributed by atoms with Crippen molar-refractivity contribution in [1.82, 2.24) is 5.32 Å². The first-order valence-corrected chi connectivity index (χ1v) is 7.11. The standard InChI is InChI=1S/C16H20ClNO2/c1-11(2)18-9-16-13(6-7-19-16)10-20-15-5-4-14(17)8-12(15)3/h4-8,11,18H,9-10H2,1-3H3. The van der Waals surface area contributed by atoms with Gasteiger partial charge in [0, 0.05) is 16.6 Å². The maximum absolute atomic E-state index is 5.93. The fourth-order valence-electron chi connectivity index (χ4n) is 1.88. The zero-order chi connectivity index (χ0) is 14.5. The molecule has 0 bridgehead atoms. The summed E-state index contributed by atoms with van der Waals surface area (Å²) in [5, 5.41) is 4.06. The second-order valence-corrected chi connectivity index (χ2v) is 5.54. The first-order valence-electron chi connectivity index (χ1n) is 6.74. The van der Waals surface area contributed by atoms with E-state index in [0.717, 1.165) is 27.7 Å². The molecule has 0 radical (unpaired) electrons. The Balaban J connectivity index is 1.98. The zero-order valence-electron chi connectivity index (χ0n) is 12.1. The Kier molecular flexibility index (Phi) is 5.10. The molecule has 20 heavy (non-hydrogen) atoms. The SMILES string of the molecule is Cc1cc(Cl)ccc1OCc1ccoc1CNC(C)C. The molecule has 4 heteroatoms. The third-order valence-corrected chi connectivity index (χ3v) is 3.26. The van der Waals surface area contributed by atoms with Gasteiger partial charge in [0.2, 0.25) is 0 Å². The second kappa shape index (κ2) is 6.82. The van der Waals surface area contributed by atoms with E-state index in [9.17, 15) is 0 Å². The monoisotopic (exact) mass is 293 g/mol. The van der Waals surface area contributed by atoms with E-state index in [1.54, 1.807) is 6.26 Å². The first-order chi connectivity index (χ1) is 9.56. The molecule has 0 unspecified atom stereocenters. The summed E-state index contributed by atoms with van der Waals surface area (Å²) in [6.07, 6.45) is 1.70. The van der Waals surface area contributed by atoms with E-state index in [2.05, 4.69) is 19.2 Å². The topological polar surface area (TPSA) is 34.4 Å².